The highest BCUT2D eigenvalue weighted by Crippen LogP contribution is 2.72. The van der Waals surface area contributed by atoms with Gasteiger partial charge in [-0.1, -0.05) is 103 Å². The SMILES string of the molecule is C=CCN(Cc1ccccc1)C(=O)[C@@H]1[C@H]2C(=O)N([C@@H](CO)Cc3ccccc3)C(C(=O)N(CC=C)c3ccc4ccccc4c3)C23CC[C@@]1(C)S3. The Balaban J connectivity index is 1.33. The van der Waals surface area contributed by atoms with E-state index in [1.54, 1.807) is 38.6 Å². The van der Waals surface area contributed by atoms with Crippen molar-refractivity contribution >= 4 is 45.9 Å². The standard InChI is InChI=1S/C43H45N3O4S/c1-4-24-44(28-31-16-10-7-11-17-31)39(48)36-37-40(49)46(35(29-47)26-30-14-8-6-9-15-30)38(43(37)23-22-42(36,3)51-43)41(50)45(25-5-2)34-21-20-32-18-12-13-19-33(32)27-34/h4-21,27,35-38,47H,1-2,22-26,28-29H2,3H3/t35-,36+,37+,38?,42-,43?/m1/s1. The molecule has 8 heteroatoms. The van der Waals surface area contributed by atoms with Crippen molar-refractivity contribution < 1.29 is 19.5 Å². The Morgan fingerprint density at radius 2 is 1.53 bits per heavy atom. The number of nitrogens with zero attached hydrogens (tertiary/aromatic N) is 3. The molecule has 1 spiro atoms. The zero-order valence-electron chi connectivity index (χ0n) is 29.1. The number of anilines is 1. The van der Waals surface area contributed by atoms with E-state index in [2.05, 4.69) is 20.1 Å². The fourth-order valence-electron chi connectivity index (χ4n) is 8.88. The van der Waals surface area contributed by atoms with Gasteiger partial charge in [-0.2, -0.15) is 0 Å². The van der Waals surface area contributed by atoms with Crippen LogP contribution in [0.2, 0.25) is 0 Å². The van der Waals surface area contributed by atoms with Gasteiger partial charge in [0.05, 0.1) is 29.2 Å². The van der Waals surface area contributed by atoms with E-state index >= 15 is 9.59 Å². The largest absolute Gasteiger partial charge is 0.394 e. The van der Waals surface area contributed by atoms with Crippen LogP contribution in [0.1, 0.15) is 30.9 Å². The first-order chi connectivity index (χ1) is 24.7. The average Bonchev–Trinajstić information content (AvgIpc) is 3.73. The van der Waals surface area contributed by atoms with Crippen LogP contribution in [0.25, 0.3) is 10.8 Å². The predicted molar refractivity (Wildman–Crippen MR) is 205 cm³/mol. The van der Waals surface area contributed by atoms with E-state index < -0.39 is 33.4 Å². The number of amides is 3. The molecule has 0 radical (unpaired) electrons. The van der Waals surface area contributed by atoms with E-state index in [-0.39, 0.29) is 30.9 Å². The first-order valence-corrected chi connectivity index (χ1v) is 18.6. The number of benzene rings is 4. The maximum Gasteiger partial charge on any atom is 0.251 e. The number of carbonyl (C=O) groups excluding carboxylic acids is 3. The summed E-state index contributed by atoms with van der Waals surface area (Å²) in [7, 11) is 0. The lowest BCUT2D eigenvalue weighted by atomic mass is 9.66. The number of carbonyl (C=O) groups is 3. The molecule has 3 aliphatic heterocycles. The molecular weight excluding hydrogens is 655 g/mol. The molecular formula is C43H45N3O4S. The lowest BCUT2D eigenvalue weighted by Gasteiger charge is -2.39. The van der Waals surface area contributed by atoms with Gasteiger partial charge in [-0.25, -0.2) is 0 Å². The molecule has 0 aromatic heterocycles. The van der Waals surface area contributed by atoms with Gasteiger partial charge in [-0.15, -0.1) is 24.9 Å². The molecule has 3 heterocycles. The van der Waals surface area contributed by atoms with E-state index in [4.69, 9.17) is 0 Å². The summed E-state index contributed by atoms with van der Waals surface area (Å²) in [5.41, 5.74) is 2.67. The summed E-state index contributed by atoms with van der Waals surface area (Å²) in [4.78, 5) is 50.6. The maximum atomic E-state index is 15.4. The monoisotopic (exact) mass is 699 g/mol. The van der Waals surface area contributed by atoms with Gasteiger partial charge in [0.2, 0.25) is 11.8 Å². The van der Waals surface area contributed by atoms with E-state index in [0.717, 1.165) is 21.9 Å². The summed E-state index contributed by atoms with van der Waals surface area (Å²) in [6.07, 6.45) is 5.13. The van der Waals surface area contributed by atoms with E-state index in [1.807, 2.05) is 103 Å². The molecule has 4 aromatic carbocycles. The van der Waals surface area contributed by atoms with Gasteiger partial charge in [-0.3, -0.25) is 14.4 Å². The topological polar surface area (TPSA) is 81.2 Å². The van der Waals surface area contributed by atoms with Gasteiger partial charge in [0.15, 0.2) is 0 Å². The number of thioether (sulfide) groups is 1. The summed E-state index contributed by atoms with van der Waals surface area (Å²) < 4.78 is -1.39. The molecule has 2 bridgehead atoms. The summed E-state index contributed by atoms with van der Waals surface area (Å²) >= 11 is 1.65. The van der Waals surface area contributed by atoms with Gasteiger partial charge in [0.1, 0.15) is 6.04 Å². The zero-order valence-corrected chi connectivity index (χ0v) is 29.9. The Kier molecular flexibility index (Phi) is 9.66. The van der Waals surface area contributed by atoms with Crippen molar-refractivity contribution in [2.75, 3.05) is 24.6 Å². The fraction of sp³-hybridized carbons (Fsp3) is 0.326. The van der Waals surface area contributed by atoms with E-state index in [1.165, 1.54) is 0 Å². The third kappa shape index (κ3) is 6.08. The number of likely N-dealkylation sites (tertiary alicyclic amines) is 1. The number of hydrogen-bond acceptors (Lipinski definition) is 5. The van der Waals surface area contributed by atoms with E-state index in [9.17, 15) is 9.90 Å². The molecule has 6 atom stereocenters. The summed E-state index contributed by atoms with van der Waals surface area (Å²) in [5.74, 6) is -1.91. The van der Waals surface area contributed by atoms with Crippen LogP contribution >= 0.6 is 11.8 Å². The predicted octanol–water partition coefficient (Wildman–Crippen LogP) is 6.66. The van der Waals surface area contributed by atoms with Crippen LogP contribution in [0.5, 0.6) is 0 Å². The van der Waals surface area contributed by atoms with Gasteiger partial charge >= 0.3 is 0 Å². The molecule has 4 aromatic rings. The second-order valence-electron chi connectivity index (χ2n) is 14.3. The quantitative estimate of drug-likeness (QED) is 0.158. The maximum absolute atomic E-state index is 15.4. The Bertz CT molecular complexity index is 1950. The molecule has 1 N–H and O–H groups in total. The summed E-state index contributed by atoms with van der Waals surface area (Å²) in [5, 5.41) is 13.1. The molecule has 51 heavy (non-hydrogen) atoms. The zero-order chi connectivity index (χ0) is 35.8. The van der Waals surface area contributed by atoms with Gasteiger partial charge in [0.25, 0.3) is 5.91 Å². The normalized spacial score (nSPS) is 25.4. The molecule has 262 valence electrons. The Morgan fingerprint density at radius 1 is 0.882 bits per heavy atom. The third-order valence-electron chi connectivity index (χ3n) is 11.1. The van der Waals surface area contributed by atoms with E-state index in [0.29, 0.717) is 38.0 Å². The smallest absolute Gasteiger partial charge is 0.251 e. The lowest BCUT2D eigenvalue weighted by Crippen LogP contribution is -2.58. The third-order valence-corrected chi connectivity index (χ3v) is 13.1. The highest BCUT2D eigenvalue weighted by molar-refractivity contribution is 8.02. The summed E-state index contributed by atoms with van der Waals surface area (Å²) in [6.45, 7) is 10.7. The van der Waals surface area contributed by atoms with Crippen LogP contribution in [0, 0.1) is 11.8 Å². The molecule has 3 fully saturated rings. The minimum atomic E-state index is -0.895. The molecule has 3 saturated heterocycles. The van der Waals surface area contributed by atoms with Crippen molar-refractivity contribution in [3.05, 3.63) is 140 Å². The van der Waals surface area contributed by atoms with Crippen molar-refractivity contribution in [3.63, 3.8) is 0 Å². The molecule has 0 saturated carbocycles. The lowest BCUT2D eigenvalue weighted by molar-refractivity contribution is -0.146. The van der Waals surface area contributed by atoms with Crippen molar-refractivity contribution in [3.8, 4) is 0 Å². The summed E-state index contributed by atoms with van der Waals surface area (Å²) in [6, 6.07) is 32.0. The minimum absolute atomic E-state index is 0.0946. The Morgan fingerprint density at radius 3 is 2.20 bits per heavy atom. The number of rotatable bonds is 13. The molecule has 2 unspecified atom stereocenters. The second-order valence-corrected chi connectivity index (χ2v) is 16.2. The van der Waals surface area contributed by atoms with Crippen LogP contribution < -0.4 is 4.90 Å². The fourth-order valence-corrected chi connectivity index (χ4v) is 11.2. The first-order valence-electron chi connectivity index (χ1n) is 17.8. The number of aliphatic hydroxyl groups excluding tert-OH is 1. The van der Waals surface area contributed by atoms with Crippen LogP contribution in [0.15, 0.2) is 128 Å². The van der Waals surface area contributed by atoms with Crippen LogP contribution in [-0.2, 0) is 27.3 Å². The number of fused-ring (bicyclic) bond motifs is 2. The van der Waals surface area contributed by atoms with Crippen molar-refractivity contribution in [1.29, 1.82) is 0 Å². The minimum Gasteiger partial charge on any atom is -0.394 e. The van der Waals surface area contributed by atoms with Crippen molar-refractivity contribution in [2.24, 2.45) is 11.8 Å². The van der Waals surface area contributed by atoms with Gasteiger partial charge in [0, 0.05) is 30.1 Å². The number of aliphatic hydroxyl groups is 1. The highest BCUT2D eigenvalue weighted by atomic mass is 32.2. The Labute approximate surface area is 304 Å². The van der Waals surface area contributed by atoms with Crippen LogP contribution in [-0.4, -0.2) is 73.9 Å². The Hall–Kier alpha value is -4.66. The van der Waals surface area contributed by atoms with Crippen LogP contribution in [0.3, 0.4) is 0 Å². The molecule has 3 aliphatic rings. The number of hydrogen-bond donors (Lipinski definition) is 1. The second kappa shape index (κ2) is 14.2. The highest BCUT2D eigenvalue weighted by Gasteiger charge is 2.78. The van der Waals surface area contributed by atoms with Crippen LogP contribution in [0.4, 0.5) is 5.69 Å². The van der Waals surface area contributed by atoms with Crippen molar-refractivity contribution in [1.82, 2.24) is 9.80 Å². The molecule has 7 nitrogen and oxygen atoms in total. The van der Waals surface area contributed by atoms with Crippen molar-refractivity contribution in [2.45, 2.75) is 54.3 Å². The van der Waals surface area contributed by atoms with Gasteiger partial charge < -0.3 is 19.8 Å². The molecule has 0 aliphatic carbocycles. The molecule has 7 rings (SSSR count). The average molecular weight is 700 g/mol. The first kappa shape index (κ1) is 34.8. The molecule has 3 amide bonds. The van der Waals surface area contributed by atoms with Gasteiger partial charge in [-0.05, 0) is 60.2 Å².